The first-order chi connectivity index (χ1) is 18.4. The summed E-state index contributed by atoms with van der Waals surface area (Å²) < 4.78 is 10.8. The fraction of sp³-hybridized carbons (Fsp3) is 0. The highest BCUT2D eigenvalue weighted by Crippen LogP contribution is 2.23. The maximum Gasteiger partial charge on any atom is 0.347 e. The van der Waals surface area contributed by atoms with Crippen molar-refractivity contribution in [1.29, 1.82) is 0 Å². The van der Waals surface area contributed by atoms with E-state index in [9.17, 15) is 9.59 Å². The van der Waals surface area contributed by atoms with Crippen molar-refractivity contribution in [2.45, 2.75) is 0 Å². The molecule has 0 radical (unpaired) electrons. The molecule has 4 aromatic carbocycles. The maximum atomic E-state index is 12.3. The molecular weight excluding hydrogens is 523 g/mol. The van der Waals surface area contributed by atoms with E-state index in [-0.39, 0.29) is 11.8 Å². The second kappa shape index (κ2) is 9.74. The van der Waals surface area contributed by atoms with Crippen molar-refractivity contribution in [2.24, 2.45) is 0 Å². The van der Waals surface area contributed by atoms with Crippen LogP contribution in [0.5, 0.6) is 0 Å². The molecule has 0 aliphatic carbocycles. The van der Waals surface area contributed by atoms with Gasteiger partial charge < -0.3 is 8.83 Å². The standard InChI is InChI=1S/C30H16Cl2N2O4/c31-21-11-13-25-23(15-21)29(35)37-27(33-25)19-7-3-17(4-8-19)1-2-18-5-9-20(10-6-18)28-34-26-14-12-22(32)16-24(26)30(36)38-28/h1-16H/b2-1+. The molecule has 6 rings (SSSR count). The van der Waals surface area contributed by atoms with E-state index in [0.717, 1.165) is 11.1 Å². The zero-order chi connectivity index (χ0) is 26.2. The Balaban J connectivity index is 1.21. The first-order valence-corrected chi connectivity index (χ1v) is 12.3. The smallest absolute Gasteiger partial charge is 0.347 e. The van der Waals surface area contributed by atoms with Crippen molar-refractivity contribution in [3.63, 3.8) is 0 Å². The van der Waals surface area contributed by atoms with Gasteiger partial charge in [0.05, 0.1) is 21.8 Å². The second-order valence-electron chi connectivity index (χ2n) is 8.51. The molecule has 6 nitrogen and oxygen atoms in total. The van der Waals surface area contributed by atoms with Gasteiger partial charge in [-0.25, -0.2) is 19.6 Å². The lowest BCUT2D eigenvalue weighted by molar-refractivity contribution is 0.518. The molecule has 0 amide bonds. The lowest BCUT2D eigenvalue weighted by atomic mass is 10.1. The monoisotopic (exact) mass is 538 g/mol. The summed E-state index contributed by atoms with van der Waals surface area (Å²) in [6.45, 7) is 0. The third kappa shape index (κ3) is 4.75. The fourth-order valence-electron chi connectivity index (χ4n) is 4.00. The molecule has 184 valence electrons. The summed E-state index contributed by atoms with van der Waals surface area (Å²) >= 11 is 11.9. The van der Waals surface area contributed by atoms with Crippen molar-refractivity contribution >= 4 is 57.2 Å². The lowest BCUT2D eigenvalue weighted by Gasteiger charge is -2.03. The zero-order valence-electron chi connectivity index (χ0n) is 19.5. The minimum atomic E-state index is -0.484. The van der Waals surface area contributed by atoms with Gasteiger partial charge >= 0.3 is 11.3 Å². The molecule has 0 spiro atoms. The Bertz CT molecular complexity index is 1830. The minimum Gasteiger partial charge on any atom is -0.403 e. The van der Waals surface area contributed by atoms with Crippen LogP contribution in [0, 0.1) is 0 Å². The molecule has 0 saturated carbocycles. The summed E-state index contributed by atoms with van der Waals surface area (Å²) in [5.41, 5.74) is 3.36. The Morgan fingerprint density at radius 3 is 1.34 bits per heavy atom. The van der Waals surface area contributed by atoms with E-state index >= 15 is 0 Å². The predicted octanol–water partition coefficient (Wildman–Crippen LogP) is 7.50. The Kier molecular flexibility index (Phi) is 6.12. The summed E-state index contributed by atoms with van der Waals surface area (Å²) in [4.78, 5) is 33.6. The van der Waals surface area contributed by atoms with Crippen LogP contribution in [0.1, 0.15) is 11.1 Å². The Hall–Kier alpha value is -4.52. The molecule has 2 heterocycles. The summed E-state index contributed by atoms with van der Waals surface area (Å²) in [5.74, 6) is 0.487. The average molecular weight is 539 g/mol. The van der Waals surface area contributed by atoms with E-state index in [1.165, 1.54) is 0 Å². The average Bonchev–Trinajstić information content (AvgIpc) is 2.93. The normalized spacial score (nSPS) is 11.5. The van der Waals surface area contributed by atoms with Crippen LogP contribution < -0.4 is 11.3 Å². The molecular formula is C30H16Cl2N2O4. The van der Waals surface area contributed by atoms with Crippen LogP contribution in [0.4, 0.5) is 0 Å². The van der Waals surface area contributed by atoms with Gasteiger partial charge in [0.15, 0.2) is 0 Å². The third-order valence-corrected chi connectivity index (χ3v) is 6.43. The number of hydrogen-bond donors (Lipinski definition) is 0. The van der Waals surface area contributed by atoms with Crippen molar-refractivity contribution in [3.8, 4) is 22.9 Å². The van der Waals surface area contributed by atoms with Crippen LogP contribution in [0.15, 0.2) is 103 Å². The van der Waals surface area contributed by atoms with E-state index in [1.54, 1.807) is 36.4 Å². The van der Waals surface area contributed by atoms with E-state index in [4.69, 9.17) is 32.0 Å². The van der Waals surface area contributed by atoms with Gasteiger partial charge in [-0.05, 0) is 71.8 Å². The number of hydrogen-bond acceptors (Lipinski definition) is 6. The minimum absolute atomic E-state index is 0.244. The summed E-state index contributed by atoms with van der Waals surface area (Å²) in [7, 11) is 0. The number of benzene rings is 4. The molecule has 2 aromatic heterocycles. The zero-order valence-corrected chi connectivity index (χ0v) is 21.0. The molecule has 0 aliphatic rings. The highest BCUT2D eigenvalue weighted by atomic mass is 35.5. The van der Waals surface area contributed by atoms with Gasteiger partial charge in [0, 0.05) is 21.2 Å². The van der Waals surface area contributed by atoms with E-state index in [0.29, 0.717) is 43.0 Å². The van der Waals surface area contributed by atoms with Gasteiger partial charge in [0.25, 0.3) is 0 Å². The highest BCUT2D eigenvalue weighted by molar-refractivity contribution is 6.31. The Morgan fingerprint density at radius 2 is 0.947 bits per heavy atom. The maximum absolute atomic E-state index is 12.3. The molecule has 0 unspecified atom stereocenters. The molecule has 0 saturated heterocycles. The fourth-order valence-corrected chi connectivity index (χ4v) is 4.35. The Morgan fingerprint density at radius 1 is 0.553 bits per heavy atom. The third-order valence-electron chi connectivity index (χ3n) is 5.96. The first-order valence-electron chi connectivity index (χ1n) is 11.5. The molecule has 38 heavy (non-hydrogen) atoms. The van der Waals surface area contributed by atoms with Gasteiger partial charge in [-0.15, -0.1) is 0 Å². The molecule has 0 fully saturated rings. The summed E-state index contributed by atoms with van der Waals surface area (Å²) in [5, 5.41) is 1.59. The lowest BCUT2D eigenvalue weighted by Crippen LogP contribution is -2.02. The molecule has 0 atom stereocenters. The number of rotatable bonds is 4. The number of aromatic nitrogens is 2. The van der Waals surface area contributed by atoms with Crippen LogP contribution in [-0.2, 0) is 0 Å². The summed E-state index contributed by atoms with van der Waals surface area (Å²) in [6.07, 6.45) is 3.92. The SMILES string of the molecule is O=c1oc(-c2ccc(/C=C/c3ccc(-c4nc5ccc(Cl)cc5c(=O)o4)cc3)cc2)nc2ccc(Cl)cc12. The number of halogens is 2. The number of fused-ring (bicyclic) bond motifs is 2. The van der Waals surface area contributed by atoms with Crippen molar-refractivity contribution < 1.29 is 8.83 Å². The predicted molar refractivity (Wildman–Crippen MR) is 150 cm³/mol. The summed E-state index contributed by atoms with van der Waals surface area (Å²) in [6, 6.07) is 24.9. The first kappa shape index (κ1) is 23.9. The van der Waals surface area contributed by atoms with Crippen LogP contribution in [0.3, 0.4) is 0 Å². The van der Waals surface area contributed by atoms with Crippen LogP contribution in [0.25, 0.3) is 56.9 Å². The van der Waals surface area contributed by atoms with Crippen molar-refractivity contribution in [3.05, 3.63) is 127 Å². The molecule has 0 bridgehead atoms. The van der Waals surface area contributed by atoms with Gasteiger partial charge in [-0.1, -0.05) is 59.6 Å². The van der Waals surface area contributed by atoms with E-state index in [1.807, 2.05) is 60.7 Å². The quantitative estimate of drug-likeness (QED) is 0.216. The highest BCUT2D eigenvalue weighted by Gasteiger charge is 2.10. The van der Waals surface area contributed by atoms with Gasteiger partial charge in [-0.3, -0.25) is 0 Å². The molecule has 8 heteroatoms. The van der Waals surface area contributed by atoms with Gasteiger partial charge in [-0.2, -0.15) is 0 Å². The van der Waals surface area contributed by atoms with Gasteiger partial charge in [0.2, 0.25) is 11.8 Å². The van der Waals surface area contributed by atoms with Crippen molar-refractivity contribution in [1.82, 2.24) is 9.97 Å². The largest absolute Gasteiger partial charge is 0.403 e. The second-order valence-corrected chi connectivity index (χ2v) is 9.39. The molecule has 0 N–H and O–H groups in total. The van der Waals surface area contributed by atoms with E-state index in [2.05, 4.69) is 9.97 Å². The van der Waals surface area contributed by atoms with Crippen LogP contribution in [-0.4, -0.2) is 9.97 Å². The molecule has 6 aromatic rings. The van der Waals surface area contributed by atoms with Crippen molar-refractivity contribution in [2.75, 3.05) is 0 Å². The van der Waals surface area contributed by atoms with Gasteiger partial charge in [0.1, 0.15) is 0 Å². The van der Waals surface area contributed by atoms with E-state index < -0.39 is 11.3 Å². The topological polar surface area (TPSA) is 86.2 Å². The van der Waals surface area contributed by atoms with Crippen LogP contribution >= 0.6 is 23.2 Å². The molecule has 0 aliphatic heterocycles. The number of nitrogens with zero attached hydrogens (tertiary/aromatic N) is 2. The van der Waals surface area contributed by atoms with Crippen LogP contribution in [0.2, 0.25) is 10.0 Å². The Labute approximate surface area is 225 Å².